The molecular formula is C15H28N2O3. The molecule has 0 radical (unpaired) electrons. The van der Waals surface area contributed by atoms with Gasteiger partial charge in [-0.15, -0.1) is 0 Å². The molecule has 1 aliphatic carbocycles. The Kier molecular flexibility index (Phi) is 4.59. The lowest BCUT2D eigenvalue weighted by Gasteiger charge is -2.48. The summed E-state index contributed by atoms with van der Waals surface area (Å²) in [5, 5.41) is 6.53. The third kappa shape index (κ3) is 3.64. The second-order valence-electron chi connectivity index (χ2n) is 7.29. The zero-order chi connectivity index (χ0) is 14.9. The Morgan fingerprint density at radius 3 is 2.65 bits per heavy atom. The molecule has 5 heteroatoms. The van der Waals surface area contributed by atoms with Crippen LogP contribution in [0.15, 0.2) is 0 Å². The number of hydrogen-bond donors (Lipinski definition) is 2. The van der Waals surface area contributed by atoms with Crippen LogP contribution >= 0.6 is 0 Å². The summed E-state index contributed by atoms with van der Waals surface area (Å²) < 4.78 is 11.1. The van der Waals surface area contributed by atoms with Crippen molar-refractivity contribution < 1.29 is 14.3 Å². The van der Waals surface area contributed by atoms with E-state index in [4.69, 9.17) is 9.47 Å². The van der Waals surface area contributed by atoms with Crippen LogP contribution in [0, 0.1) is 11.8 Å². The van der Waals surface area contributed by atoms with E-state index in [1.807, 2.05) is 20.8 Å². The van der Waals surface area contributed by atoms with Gasteiger partial charge in [0, 0.05) is 12.5 Å². The van der Waals surface area contributed by atoms with Crippen LogP contribution in [0.3, 0.4) is 0 Å². The lowest BCUT2D eigenvalue weighted by Crippen LogP contribution is -2.70. The molecule has 1 saturated carbocycles. The lowest BCUT2D eigenvalue weighted by atomic mass is 9.71. The lowest BCUT2D eigenvalue weighted by molar-refractivity contribution is -0.0344. The fourth-order valence-corrected chi connectivity index (χ4v) is 2.96. The summed E-state index contributed by atoms with van der Waals surface area (Å²) in [6.45, 7) is 11.7. The minimum Gasteiger partial charge on any atom is -0.444 e. The van der Waals surface area contributed by atoms with Gasteiger partial charge in [-0.3, -0.25) is 0 Å². The maximum Gasteiger partial charge on any atom is 0.407 e. The quantitative estimate of drug-likeness (QED) is 0.828. The predicted molar refractivity (Wildman–Crippen MR) is 77.6 cm³/mol. The van der Waals surface area contributed by atoms with Crippen LogP contribution < -0.4 is 10.6 Å². The fourth-order valence-electron chi connectivity index (χ4n) is 2.96. The fraction of sp³-hybridized carbons (Fsp3) is 0.933. The minimum atomic E-state index is -0.458. The molecule has 1 heterocycles. The Labute approximate surface area is 121 Å². The Bertz CT molecular complexity index is 352. The van der Waals surface area contributed by atoms with Gasteiger partial charge in [-0.05, 0) is 39.7 Å². The second-order valence-corrected chi connectivity index (χ2v) is 7.29. The molecule has 2 fully saturated rings. The summed E-state index contributed by atoms with van der Waals surface area (Å²) in [5.41, 5.74) is -0.458. The van der Waals surface area contributed by atoms with Crippen molar-refractivity contribution in [1.29, 1.82) is 0 Å². The summed E-state index contributed by atoms with van der Waals surface area (Å²) in [6, 6.07) is 0.327. The summed E-state index contributed by atoms with van der Waals surface area (Å²) in [4.78, 5) is 11.9. The highest BCUT2D eigenvalue weighted by Gasteiger charge is 2.54. The molecule has 20 heavy (non-hydrogen) atoms. The Morgan fingerprint density at radius 2 is 2.05 bits per heavy atom. The molecule has 0 aromatic rings. The zero-order valence-corrected chi connectivity index (χ0v) is 13.2. The molecule has 4 unspecified atom stereocenters. The zero-order valence-electron chi connectivity index (χ0n) is 13.2. The smallest absolute Gasteiger partial charge is 0.407 e. The summed E-state index contributed by atoms with van der Waals surface area (Å²) in [5.74, 6) is 1.00. The molecule has 2 rings (SSSR count). The van der Waals surface area contributed by atoms with Crippen molar-refractivity contribution >= 4 is 6.09 Å². The van der Waals surface area contributed by atoms with Crippen LogP contribution in [0.2, 0.25) is 0 Å². The number of carbonyl (C=O) groups excluding carboxylic acids is 1. The SMILES string of the molecule is CC(C)CNC1C(NC(=O)OC(C)(C)C)C2CCOC21. The van der Waals surface area contributed by atoms with Gasteiger partial charge < -0.3 is 20.1 Å². The molecule has 1 aliphatic heterocycles. The third-order valence-corrected chi connectivity index (χ3v) is 3.83. The van der Waals surface area contributed by atoms with Gasteiger partial charge in [0.15, 0.2) is 0 Å². The summed E-state index contributed by atoms with van der Waals surface area (Å²) >= 11 is 0. The van der Waals surface area contributed by atoms with Gasteiger partial charge in [-0.25, -0.2) is 4.79 Å². The van der Waals surface area contributed by atoms with Crippen molar-refractivity contribution in [3.63, 3.8) is 0 Å². The Balaban J connectivity index is 1.89. The molecule has 5 nitrogen and oxygen atoms in total. The van der Waals surface area contributed by atoms with E-state index < -0.39 is 5.60 Å². The molecule has 116 valence electrons. The third-order valence-electron chi connectivity index (χ3n) is 3.83. The predicted octanol–water partition coefficient (Wildman–Crippen LogP) is 1.91. The summed E-state index contributed by atoms with van der Waals surface area (Å²) in [7, 11) is 0. The van der Waals surface area contributed by atoms with Crippen molar-refractivity contribution in [3.8, 4) is 0 Å². The van der Waals surface area contributed by atoms with E-state index >= 15 is 0 Å². The van der Waals surface area contributed by atoms with Crippen molar-refractivity contribution in [2.45, 2.75) is 64.8 Å². The van der Waals surface area contributed by atoms with Gasteiger partial charge in [0.1, 0.15) is 5.60 Å². The van der Waals surface area contributed by atoms with Gasteiger partial charge in [-0.2, -0.15) is 0 Å². The molecule has 0 spiro atoms. The number of carbonyl (C=O) groups is 1. The molecule has 2 N–H and O–H groups in total. The van der Waals surface area contributed by atoms with Crippen LogP contribution in [0.1, 0.15) is 41.0 Å². The first kappa shape index (κ1) is 15.6. The maximum atomic E-state index is 11.9. The normalized spacial score (nSPS) is 32.7. The number of hydrogen-bond acceptors (Lipinski definition) is 4. The van der Waals surface area contributed by atoms with Crippen molar-refractivity contribution in [2.75, 3.05) is 13.2 Å². The van der Waals surface area contributed by atoms with Crippen LogP contribution in [0.5, 0.6) is 0 Å². The van der Waals surface area contributed by atoms with Gasteiger partial charge in [-0.1, -0.05) is 13.8 Å². The largest absolute Gasteiger partial charge is 0.444 e. The van der Waals surface area contributed by atoms with Crippen LogP contribution in [0.25, 0.3) is 0 Å². The van der Waals surface area contributed by atoms with Crippen molar-refractivity contribution in [3.05, 3.63) is 0 Å². The highest BCUT2D eigenvalue weighted by molar-refractivity contribution is 5.68. The maximum absolute atomic E-state index is 11.9. The van der Waals surface area contributed by atoms with Crippen molar-refractivity contribution in [1.82, 2.24) is 10.6 Å². The van der Waals surface area contributed by atoms with E-state index in [0.29, 0.717) is 11.8 Å². The number of rotatable bonds is 4. The molecular weight excluding hydrogens is 256 g/mol. The molecule has 4 atom stereocenters. The first-order valence-electron chi connectivity index (χ1n) is 7.62. The van der Waals surface area contributed by atoms with E-state index in [1.54, 1.807) is 0 Å². The number of alkyl carbamates (subject to hydrolysis) is 1. The average Bonchev–Trinajstić information content (AvgIpc) is 2.68. The monoisotopic (exact) mass is 284 g/mol. The highest BCUT2D eigenvalue weighted by atomic mass is 16.6. The molecule has 2 aliphatic rings. The van der Waals surface area contributed by atoms with E-state index in [1.165, 1.54) is 0 Å². The Hall–Kier alpha value is -0.810. The molecule has 0 aromatic heterocycles. The summed E-state index contributed by atoms with van der Waals surface area (Å²) in [6.07, 6.45) is 0.934. The highest BCUT2D eigenvalue weighted by Crippen LogP contribution is 2.39. The molecule has 1 saturated heterocycles. The standard InChI is InChI=1S/C15H28N2O3/c1-9(2)8-16-12-11(10-6-7-19-13(10)12)17-14(18)20-15(3,4)5/h9-13,16H,6-8H2,1-5H3,(H,17,18). The molecule has 1 amide bonds. The van der Waals surface area contributed by atoms with Gasteiger partial charge in [0.2, 0.25) is 0 Å². The van der Waals surface area contributed by atoms with Gasteiger partial charge >= 0.3 is 6.09 Å². The number of ether oxygens (including phenoxy) is 2. The van der Waals surface area contributed by atoms with Crippen LogP contribution in [0.4, 0.5) is 4.79 Å². The number of fused-ring (bicyclic) bond motifs is 1. The van der Waals surface area contributed by atoms with Gasteiger partial charge in [0.25, 0.3) is 0 Å². The van der Waals surface area contributed by atoms with E-state index in [2.05, 4.69) is 24.5 Å². The van der Waals surface area contributed by atoms with Gasteiger partial charge in [0.05, 0.1) is 18.2 Å². The first-order valence-corrected chi connectivity index (χ1v) is 7.62. The van der Waals surface area contributed by atoms with Crippen molar-refractivity contribution in [2.24, 2.45) is 11.8 Å². The number of amides is 1. The van der Waals surface area contributed by atoms with E-state index in [-0.39, 0.29) is 24.3 Å². The molecule has 0 aromatic carbocycles. The molecule has 0 bridgehead atoms. The van der Waals surface area contributed by atoms with Crippen LogP contribution in [-0.4, -0.2) is 43.0 Å². The first-order chi connectivity index (χ1) is 9.28. The van der Waals surface area contributed by atoms with Crippen LogP contribution in [-0.2, 0) is 9.47 Å². The van der Waals surface area contributed by atoms with E-state index in [9.17, 15) is 4.79 Å². The van der Waals surface area contributed by atoms with E-state index in [0.717, 1.165) is 19.6 Å². The topological polar surface area (TPSA) is 59.6 Å². The minimum absolute atomic E-state index is 0.121. The average molecular weight is 284 g/mol. The number of nitrogens with one attached hydrogen (secondary N) is 2. The second kappa shape index (κ2) is 5.90. The Morgan fingerprint density at radius 1 is 1.35 bits per heavy atom.